The molecule has 0 saturated carbocycles. The van der Waals surface area contributed by atoms with Crippen LogP contribution < -0.4 is 21.7 Å². The summed E-state index contributed by atoms with van der Waals surface area (Å²) in [6, 6.07) is 24.3. The molecule has 3 aromatic carbocycles. The lowest BCUT2D eigenvalue weighted by Gasteiger charge is -2.20. The van der Waals surface area contributed by atoms with E-state index in [1.54, 1.807) is 0 Å². The number of carbonyl (C=O) groups excluding carboxylic acids is 1. The first-order chi connectivity index (χ1) is 19.4. The molecule has 204 valence electrons. The van der Waals surface area contributed by atoms with Crippen LogP contribution in [0.2, 0.25) is 0 Å². The van der Waals surface area contributed by atoms with Gasteiger partial charge in [0, 0.05) is 59.5 Å². The van der Waals surface area contributed by atoms with Crippen LogP contribution in [-0.2, 0) is 6.42 Å². The van der Waals surface area contributed by atoms with Gasteiger partial charge in [0.1, 0.15) is 17.0 Å². The van der Waals surface area contributed by atoms with Crippen LogP contribution >= 0.6 is 0 Å². The van der Waals surface area contributed by atoms with Gasteiger partial charge in [-0.05, 0) is 86.7 Å². The lowest BCUT2D eigenvalue weighted by Crippen LogP contribution is -2.39. The van der Waals surface area contributed by atoms with Gasteiger partial charge in [0.15, 0.2) is 0 Å². The molecule has 1 amide bonds. The van der Waals surface area contributed by atoms with Crippen molar-refractivity contribution in [2.45, 2.75) is 34.1 Å². The molecule has 0 fully saturated rings. The van der Waals surface area contributed by atoms with E-state index in [9.17, 15) is 4.79 Å². The summed E-state index contributed by atoms with van der Waals surface area (Å²) in [5.41, 5.74) is 13.5. The van der Waals surface area contributed by atoms with Crippen LogP contribution in [0.15, 0.2) is 82.2 Å². The summed E-state index contributed by atoms with van der Waals surface area (Å²) >= 11 is 0. The van der Waals surface area contributed by atoms with E-state index in [0.717, 1.165) is 74.2 Å². The summed E-state index contributed by atoms with van der Waals surface area (Å²) in [7, 11) is 0. The third-order valence-corrected chi connectivity index (χ3v) is 7.24. The maximum Gasteiger partial charge on any atom is 0.251 e. The molecule has 0 bridgehead atoms. The highest BCUT2D eigenvalue weighted by Crippen LogP contribution is 2.42. The first-order valence-corrected chi connectivity index (χ1v) is 13.9. The molecule has 1 aliphatic carbocycles. The zero-order valence-corrected chi connectivity index (χ0v) is 23.7. The fourth-order valence-corrected chi connectivity index (χ4v) is 5.22. The van der Waals surface area contributed by atoms with Crippen molar-refractivity contribution in [3.8, 4) is 22.5 Å². The number of nitrogens with zero attached hydrogens (tertiary/aromatic N) is 1. The Kier molecular flexibility index (Phi) is 7.99. The third-order valence-electron chi connectivity index (χ3n) is 7.24. The van der Waals surface area contributed by atoms with Crippen molar-refractivity contribution >= 4 is 28.3 Å². The Labute approximate surface area is 235 Å². The Bertz CT molecular complexity index is 1720. The van der Waals surface area contributed by atoms with Gasteiger partial charge in [-0.25, -0.2) is 0 Å². The Morgan fingerprint density at radius 1 is 0.925 bits per heavy atom. The Morgan fingerprint density at radius 2 is 1.70 bits per heavy atom. The van der Waals surface area contributed by atoms with Crippen molar-refractivity contribution in [1.29, 1.82) is 0 Å². The Morgan fingerprint density at radius 3 is 2.45 bits per heavy atom. The summed E-state index contributed by atoms with van der Waals surface area (Å²) in [5, 5.41) is 8.47. The second-order valence-corrected chi connectivity index (χ2v) is 10.1. The van der Waals surface area contributed by atoms with Gasteiger partial charge in [-0.1, -0.05) is 30.3 Å². The van der Waals surface area contributed by atoms with Gasteiger partial charge in [-0.2, -0.15) is 0 Å². The fraction of sp³-hybridized carbons (Fsp3) is 0.235. The molecule has 0 atom stereocenters. The molecule has 6 nitrogen and oxygen atoms in total. The van der Waals surface area contributed by atoms with E-state index < -0.39 is 0 Å². The molecule has 40 heavy (non-hydrogen) atoms. The van der Waals surface area contributed by atoms with Crippen molar-refractivity contribution in [3.63, 3.8) is 0 Å². The largest absolute Gasteiger partial charge is 0.456 e. The number of anilines is 1. The number of quaternary nitrogens is 1. The zero-order valence-electron chi connectivity index (χ0n) is 23.7. The number of benzene rings is 4. The van der Waals surface area contributed by atoms with Crippen LogP contribution in [0.3, 0.4) is 0 Å². The third kappa shape index (κ3) is 5.49. The second kappa shape index (κ2) is 11.8. The van der Waals surface area contributed by atoms with Crippen molar-refractivity contribution in [3.05, 3.63) is 100 Å². The molecular formula is C34H37N4O2+. The van der Waals surface area contributed by atoms with E-state index in [4.69, 9.17) is 4.42 Å². The van der Waals surface area contributed by atoms with E-state index in [1.165, 1.54) is 5.56 Å². The van der Waals surface area contributed by atoms with Gasteiger partial charge >= 0.3 is 0 Å². The molecule has 6 heteroatoms. The quantitative estimate of drug-likeness (QED) is 0.213. The highest BCUT2D eigenvalue weighted by Gasteiger charge is 2.22. The number of hydrogen-bond donors (Lipinski definition) is 3. The molecule has 1 heterocycles. The van der Waals surface area contributed by atoms with Crippen molar-refractivity contribution < 1.29 is 14.9 Å². The smallest absolute Gasteiger partial charge is 0.251 e. The summed E-state index contributed by atoms with van der Waals surface area (Å²) in [5.74, 6) is 0.650. The molecule has 0 saturated heterocycles. The van der Waals surface area contributed by atoms with Crippen molar-refractivity contribution in [1.82, 2.24) is 5.32 Å². The molecule has 0 unspecified atom stereocenters. The maximum absolute atomic E-state index is 13.6. The predicted molar refractivity (Wildman–Crippen MR) is 163 cm³/mol. The molecule has 5 rings (SSSR count). The van der Waals surface area contributed by atoms with Crippen LogP contribution in [0.25, 0.3) is 33.4 Å². The summed E-state index contributed by atoms with van der Waals surface area (Å²) < 4.78 is 6.51. The first kappa shape index (κ1) is 27.2. The van der Waals surface area contributed by atoms with E-state index >= 15 is 0 Å². The van der Waals surface area contributed by atoms with Crippen LogP contribution in [0.1, 0.15) is 40.9 Å². The fourth-order valence-electron chi connectivity index (χ4n) is 5.22. The summed E-state index contributed by atoms with van der Waals surface area (Å²) in [6.45, 7) is 10.3. The van der Waals surface area contributed by atoms with E-state index in [0.29, 0.717) is 18.7 Å². The van der Waals surface area contributed by atoms with Gasteiger partial charge in [-0.3, -0.25) is 9.79 Å². The minimum absolute atomic E-state index is 0.0956. The number of rotatable bonds is 8. The number of nitrogens with one attached hydrogen (secondary N) is 2. The molecule has 2 aliphatic rings. The first-order valence-electron chi connectivity index (χ1n) is 13.9. The molecule has 3 aromatic rings. The van der Waals surface area contributed by atoms with E-state index in [-0.39, 0.29) is 5.91 Å². The number of hydrogen-bond acceptors (Lipinski definition) is 4. The van der Waals surface area contributed by atoms with Crippen LogP contribution in [0.5, 0.6) is 0 Å². The standard InChI is InChI=1S/C34H36N4O2/c1-5-36-29-19-31-27(17-21(29)3)33(28-18-22(4)30(37-6-2)20-32(28)40-31)25-9-7-8-10-26(25)34(39)38-16-15-23-11-13-24(35)14-12-23/h7-14,17-20,36H,5-6,15-16,35H2,1-4H3,(H,38,39)/p+1. The highest BCUT2D eigenvalue weighted by molar-refractivity contribution is 6.09. The zero-order chi connectivity index (χ0) is 28.2. The predicted octanol–water partition coefficient (Wildman–Crippen LogP) is 6.02. The molecule has 0 spiro atoms. The molecule has 0 aromatic heterocycles. The highest BCUT2D eigenvalue weighted by atomic mass is 16.3. The molecule has 1 aliphatic heterocycles. The van der Waals surface area contributed by atoms with Crippen molar-refractivity contribution in [2.24, 2.45) is 4.99 Å². The minimum atomic E-state index is -0.0956. The van der Waals surface area contributed by atoms with Crippen LogP contribution in [-0.4, -0.2) is 25.5 Å². The number of aryl methyl sites for hydroxylation is 2. The van der Waals surface area contributed by atoms with E-state index in [2.05, 4.69) is 72.5 Å². The van der Waals surface area contributed by atoms with Gasteiger partial charge < -0.3 is 20.8 Å². The van der Waals surface area contributed by atoms with Gasteiger partial charge in [0.05, 0.1) is 5.36 Å². The minimum Gasteiger partial charge on any atom is -0.456 e. The Balaban J connectivity index is 1.65. The van der Waals surface area contributed by atoms with E-state index in [1.807, 2.05) is 49.4 Å². The molecule has 0 radical (unpaired) electrons. The van der Waals surface area contributed by atoms with Gasteiger partial charge in [-0.15, -0.1) is 0 Å². The monoisotopic (exact) mass is 533 g/mol. The summed E-state index contributed by atoms with van der Waals surface area (Å²) in [4.78, 5) is 18.3. The Hall–Kier alpha value is -4.42. The van der Waals surface area contributed by atoms with Crippen molar-refractivity contribution in [2.75, 3.05) is 25.0 Å². The number of fused-ring (bicyclic) bond motifs is 2. The van der Waals surface area contributed by atoms with Gasteiger partial charge in [0.25, 0.3) is 5.91 Å². The molecule has 5 N–H and O–H groups in total. The summed E-state index contributed by atoms with van der Waals surface area (Å²) in [6.07, 6.45) is 0.750. The SMILES string of the molecule is CCN=c1cc2oc3cc(NCC)c(C)cc3c(-c3ccccc3C(=O)NCCc3ccc([NH3+])cc3)c-2cc1C. The maximum atomic E-state index is 13.6. The lowest BCUT2D eigenvalue weighted by molar-refractivity contribution is -0.254. The van der Waals surface area contributed by atoms with Crippen LogP contribution in [0, 0.1) is 13.8 Å². The normalized spacial score (nSPS) is 11.8. The number of amides is 1. The van der Waals surface area contributed by atoms with Crippen LogP contribution in [0.4, 0.5) is 11.4 Å². The van der Waals surface area contributed by atoms with Gasteiger partial charge in [0.2, 0.25) is 0 Å². The average molecular weight is 534 g/mol. The number of carbonyl (C=O) groups is 1. The average Bonchev–Trinajstić information content (AvgIpc) is 2.94. The molecular weight excluding hydrogens is 496 g/mol. The lowest BCUT2D eigenvalue weighted by atomic mass is 9.89. The topological polar surface area (TPSA) is 94.3 Å². The second-order valence-electron chi connectivity index (χ2n) is 10.1.